The molecule has 0 fully saturated rings. The van der Waals surface area contributed by atoms with Crippen LogP contribution in [0.2, 0.25) is 0 Å². The first-order valence-corrected chi connectivity index (χ1v) is 6.95. The van der Waals surface area contributed by atoms with E-state index in [0.717, 1.165) is 10.9 Å². The monoisotopic (exact) mass is 309 g/mol. The molecule has 6 heteroatoms. The predicted molar refractivity (Wildman–Crippen MR) is 88.0 cm³/mol. The summed E-state index contributed by atoms with van der Waals surface area (Å²) in [5.74, 6) is 0.0866. The highest BCUT2D eigenvalue weighted by Crippen LogP contribution is 2.25. The lowest BCUT2D eigenvalue weighted by Crippen LogP contribution is -2.18. The van der Waals surface area contributed by atoms with Crippen molar-refractivity contribution in [2.24, 2.45) is 5.10 Å². The summed E-state index contributed by atoms with van der Waals surface area (Å²) in [7, 11) is 1.47. The number of benzene rings is 2. The zero-order valence-corrected chi connectivity index (χ0v) is 12.4. The van der Waals surface area contributed by atoms with Crippen LogP contribution in [0.5, 0.6) is 11.5 Å². The number of rotatable bonds is 4. The van der Waals surface area contributed by atoms with Gasteiger partial charge in [0.1, 0.15) is 0 Å². The van der Waals surface area contributed by atoms with E-state index in [2.05, 4.69) is 15.5 Å². The van der Waals surface area contributed by atoms with Crippen molar-refractivity contribution in [1.29, 1.82) is 0 Å². The third-order valence-corrected chi connectivity index (χ3v) is 3.42. The number of carbonyl (C=O) groups is 1. The molecule has 3 N–H and O–H groups in total. The number of nitrogens with one attached hydrogen (secondary N) is 2. The van der Waals surface area contributed by atoms with E-state index >= 15 is 0 Å². The molecule has 0 aliphatic heterocycles. The summed E-state index contributed by atoms with van der Waals surface area (Å²) in [6, 6.07) is 12.2. The molecule has 0 radical (unpaired) electrons. The maximum absolute atomic E-state index is 12.2. The number of phenols is 1. The van der Waals surface area contributed by atoms with Gasteiger partial charge in [-0.3, -0.25) is 4.79 Å². The Morgan fingerprint density at radius 2 is 2.17 bits per heavy atom. The van der Waals surface area contributed by atoms with E-state index in [-0.39, 0.29) is 11.7 Å². The van der Waals surface area contributed by atoms with Crippen LogP contribution < -0.4 is 10.2 Å². The van der Waals surface area contributed by atoms with Gasteiger partial charge in [0.05, 0.1) is 24.4 Å². The Bertz CT molecular complexity index is 884. The molecular weight excluding hydrogens is 294 g/mol. The maximum Gasteiger partial charge on any atom is 0.273 e. The van der Waals surface area contributed by atoms with Gasteiger partial charge in [0, 0.05) is 11.6 Å². The summed E-state index contributed by atoms with van der Waals surface area (Å²) < 4.78 is 5.02. The van der Waals surface area contributed by atoms with Crippen LogP contribution in [-0.4, -0.2) is 29.3 Å². The topological polar surface area (TPSA) is 86.7 Å². The van der Waals surface area contributed by atoms with Crippen LogP contribution in [0.4, 0.5) is 0 Å². The standard InChI is InChI=1S/C17H15N3O3/c1-23-15-9-11(5-6-14(15)21)10-19-20-17(22)13-4-2-3-12-7-8-18-16(12)13/h2-10,18,21H,1H3,(H,20,22)/b19-10-. The fraction of sp³-hybridized carbons (Fsp3) is 0.0588. The van der Waals surface area contributed by atoms with Gasteiger partial charge in [-0.25, -0.2) is 5.43 Å². The number of methoxy groups -OCH3 is 1. The molecule has 116 valence electrons. The van der Waals surface area contributed by atoms with Crippen molar-refractivity contribution in [3.8, 4) is 11.5 Å². The number of fused-ring (bicyclic) bond motifs is 1. The van der Waals surface area contributed by atoms with Crippen molar-refractivity contribution in [2.45, 2.75) is 0 Å². The molecule has 0 saturated heterocycles. The highest BCUT2D eigenvalue weighted by molar-refractivity contribution is 6.05. The predicted octanol–water partition coefficient (Wildman–Crippen LogP) is 2.65. The number of aromatic nitrogens is 1. The van der Waals surface area contributed by atoms with Crippen molar-refractivity contribution in [3.05, 3.63) is 59.8 Å². The van der Waals surface area contributed by atoms with Crippen LogP contribution in [-0.2, 0) is 0 Å². The van der Waals surface area contributed by atoms with E-state index in [4.69, 9.17) is 4.74 Å². The summed E-state index contributed by atoms with van der Waals surface area (Å²) >= 11 is 0. The Kier molecular flexibility index (Phi) is 3.97. The van der Waals surface area contributed by atoms with Gasteiger partial charge in [0.2, 0.25) is 0 Å². The third-order valence-electron chi connectivity index (χ3n) is 3.42. The largest absolute Gasteiger partial charge is 0.504 e. The van der Waals surface area contributed by atoms with Crippen molar-refractivity contribution in [1.82, 2.24) is 10.4 Å². The zero-order valence-electron chi connectivity index (χ0n) is 12.4. The molecule has 0 unspecified atom stereocenters. The number of ether oxygens (including phenoxy) is 1. The molecule has 0 aliphatic carbocycles. The van der Waals surface area contributed by atoms with Crippen LogP contribution in [0.25, 0.3) is 10.9 Å². The number of nitrogens with zero attached hydrogens (tertiary/aromatic N) is 1. The maximum atomic E-state index is 12.2. The van der Waals surface area contributed by atoms with Gasteiger partial charge < -0.3 is 14.8 Å². The number of hydrazone groups is 1. The van der Waals surface area contributed by atoms with Gasteiger partial charge in [-0.2, -0.15) is 5.10 Å². The number of amides is 1. The molecule has 1 amide bonds. The average Bonchev–Trinajstić information content (AvgIpc) is 3.04. The van der Waals surface area contributed by atoms with E-state index in [1.165, 1.54) is 19.4 Å². The first-order valence-electron chi connectivity index (χ1n) is 6.95. The number of para-hydroxylation sites is 1. The van der Waals surface area contributed by atoms with Crippen LogP contribution in [0.3, 0.4) is 0 Å². The Labute approximate surface area is 132 Å². The number of H-pyrrole nitrogens is 1. The number of hydrogen-bond donors (Lipinski definition) is 3. The van der Waals surface area contributed by atoms with E-state index in [1.54, 1.807) is 24.4 Å². The second-order valence-electron chi connectivity index (χ2n) is 4.88. The van der Waals surface area contributed by atoms with Crippen molar-refractivity contribution in [2.75, 3.05) is 7.11 Å². The minimum Gasteiger partial charge on any atom is -0.504 e. The normalized spacial score (nSPS) is 11.0. The molecule has 23 heavy (non-hydrogen) atoms. The van der Waals surface area contributed by atoms with E-state index in [9.17, 15) is 9.90 Å². The fourth-order valence-electron chi connectivity index (χ4n) is 2.27. The summed E-state index contributed by atoms with van der Waals surface area (Å²) in [4.78, 5) is 15.3. The first-order chi connectivity index (χ1) is 11.2. The Balaban J connectivity index is 1.75. The fourth-order valence-corrected chi connectivity index (χ4v) is 2.27. The lowest BCUT2D eigenvalue weighted by atomic mass is 10.1. The molecule has 0 atom stereocenters. The van der Waals surface area contributed by atoms with Crippen molar-refractivity contribution in [3.63, 3.8) is 0 Å². The van der Waals surface area contributed by atoms with Crippen LogP contribution in [0.15, 0.2) is 53.8 Å². The number of hydrogen-bond acceptors (Lipinski definition) is 4. The Hall–Kier alpha value is -3.28. The number of aromatic hydroxyl groups is 1. The molecule has 0 aliphatic rings. The highest BCUT2D eigenvalue weighted by Gasteiger charge is 2.09. The molecule has 3 aromatic rings. The SMILES string of the molecule is COc1cc(/C=N\NC(=O)c2cccc3cc[nH]c23)ccc1O. The van der Waals surface area contributed by atoms with Crippen molar-refractivity contribution >= 4 is 23.0 Å². The highest BCUT2D eigenvalue weighted by atomic mass is 16.5. The van der Waals surface area contributed by atoms with Crippen LogP contribution >= 0.6 is 0 Å². The summed E-state index contributed by atoms with van der Waals surface area (Å²) in [6.07, 6.45) is 3.27. The van der Waals surface area contributed by atoms with Gasteiger partial charge >= 0.3 is 0 Å². The van der Waals surface area contributed by atoms with E-state index < -0.39 is 0 Å². The quantitative estimate of drug-likeness (QED) is 0.511. The first kappa shape index (κ1) is 14.6. The Morgan fingerprint density at radius 1 is 1.30 bits per heavy atom. The third kappa shape index (κ3) is 3.01. The van der Waals surface area contributed by atoms with Crippen molar-refractivity contribution < 1.29 is 14.6 Å². The molecule has 0 spiro atoms. The lowest BCUT2D eigenvalue weighted by molar-refractivity contribution is 0.0956. The van der Waals surface area contributed by atoms with Gasteiger partial charge in [-0.15, -0.1) is 0 Å². The molecule has 0 saturated carbocycles. The smallest absolute Gasteiger partial charge is 0.273 e. The number of aromatic amines is 1. The van der Waals surface area contributed by atoms with Crippen LogP contribution in [0, 0.1) is 0 Å². The minimum absolute atomic E-state index is 0.0482. The van der Waals surface area contributed by atoms with E-state index in [1.807, 2.05) is 18.2 Å². The molecular formula is C17H15N3O3. The Morgan fingerprint density at radius 3 is 3.00 bits per heavy atom. The van der Waals surface area contributed by atoms with E-state index in [0.29, 0.717) is 16.9 Å². The molecule has 0 bridgehead atoms. The average molecular weight is 309 g/mol. The van der Waals surface area contributed by atoms with Gasteiger partial charge in [0.15, 0.2) is 11.5 Å². The number of carbonyl (C=O) groups excluding carboxylic acids is 1. The summed E-state index contributed by atoms with van der Waals surface area (Å²) in [5, 5.41) is 14.4. The number of phenolic OH excluding ortho intramolecular Hbond substituents is 1. The molecule has 1 heterocycles. The molecule has 6 nitrogen and oxygen atoms in total. The molecule has 1 aromatic heterocycles. The van der Waals surface area contributed by atoms with Gasteiger partial charge in [-0.1, -0.05) is 12.1 Å². The molecule has 3 rings (SSSR count). The lowest BCUT2D eigenvalue weighted by Gasteiger charge is -2.04. The minimum atomic E-state index is -0.306. The van der Waals surface area contributed by atoms with Crippen LogP contribution in [0.1, 0.15) is 15.9 Å². The summed E-state index contributed by atoms with van der Waals surface area (Å²) in [6.45, 7) is 0. The molecule has 2 aromatic carbocycles. The summed E-state index contributed by atoms with van der Waals surface area (Å²) in [5.41, 5.74) is 4.47. The second kappa shape index (κ2) is 6.23. The van der Waals surface area contributed by atoms with Gasteiger partial charge in [0.25, 0.3) is 5.91 Å². The second-order valence-corrected chi connectivity index (χ2v) is 4.88. The zero-order chi connectivity index (χ0) is 16.2. The van der Waals surface area contributed by atoms with Gasteiger partial charge in [-0.05, 0) is 35.9 Å².